The van der Waals surface area contributed by atoms with Gasteiger partial charge in [0.1, 0.15) is 0 Å². The Balaban J connectivity index is 2.51. The summed E-state index contributed by atoms with van der Waals surface area (Å²) in [7, 11) is 0. The normalized spacial score (nSPS) is 11.9. The molecule has 0 spiro atoms. The molecule has 0 amide bonds. The van der Waals surface area contributed by atoms with Gasteiger partial charge in [0.25, 0.3) is 0 Å². The van der Waals surface area contributed by atoms with Gasteiger partial charge in [-0.3, -0.25) is 0 Å². The summed E-state index contributed by atoms with van der Waals surface area (Å²) in [4.78, 5) is 0. The minimum atomic E-state index is 0.866. The Bertz CT molecular complexity index is 568. The molecular weight excluding hydrogens is 432 g/mol. The molecule has 0 unspecified atom stereocenters. The van der Waals surface area contributed by atoms with Gasteiger partial charge in [-0.05, 0) is 73.0 Å². The highest BCUT2D eigenvalue weighted by Gasteiger charge is 2.09. The van der Waals surface area contributed by atoms with Crippen molar-refractivity contribution in [1.29, 1.82) is 0 Å². The van der Waals surface area contributed by atoms with E-state index in [9.17, 15) is 0 Å². The molecule has 0 fully saturated rings. The van der Waals surface area contributed by atoms with Crippen molar-refractivity contribution >= 4 is 0 Å². The van der Waals surface area contributed by atoms with E-state index in [0.29, 0.717) is 0 Å². The maximum absolute atomic E-state index is 2.46. The van der Waals surface area contributed by atoms with Crippen LogP contribution in [0.4, 0.5) is 0 Å². The molecule has 0 radical (unpaired) electrons. The zero-order chi connectivity index (χ0) is 26.4. The number of hydrogen-bond donors (Lipinski definition) is 0. The molecule has 0 nitrogen and oxygen atoms in total. The maximum Gasteiger partial charge on any atom is -0.0273 e. The van der Waals surface area contributed by atoms with E-state index in [4.69, 9.17) is 0 Å². The van der Waals surface area contributed by atoms with Crippen LogP contribution < -0.4 is 0 Å². The maximum atomic E-state index is 2.46. The molecule has 0 saturated heterocycles. The molecule has 0 bridgehead atoms. The third-order valence-corrected chi connectivity index (χ3v) is 8.03. The Labute approximate surface area is 228 Å². The Morgan fingerprint density at radius 3 is 1.06 bits per heavy atom. The highest BCUT2D eigenvalue weighted by atomic mass is 14.1. The average Bonchev–Trinajstić information content (AvgIpc) is 2.82. The first-order valence-electron chi connectivity index (χ1n) is 16.5. The Morgan fingerprint density at radius 2 is 0.694 bits per heavy atom. The lowest BCUT2D eigenvalue weighted by Crippen LogP contribution is -2.02. The molecule has 0 aliphatic carbocycles. The summed E-state index contributed by atoms with van der Waals surface area (Å²) in [5.74, 6) is 2.60. The van der Waals surface area contributed by atoms with Gasteiger partial charge in [0, 0.05) is 0 Å². The summed E-state index contributed by atoms with van der Waals surface area (Å²) < 4.78 is 0. The molecule has 0 aliphatic heterocycles. The first kappa shape index (κ1) is 33.2. The van der Waals surface area contributed by atoms with Gasteiger partial charge >= 0.3 is 0 Å². The largest absolute Gasteiger partial charge is 0.0628 e. The highest BCUT2D eigenvalue weighted by Crippen LogP contribution is 2.24. The van der Waals surface area contributed by atoms with Crippen molar-refractivity contribution in [1.82, 2.24) is 0 Å². The van der Waals surface area contributed by atoms with E-state index in [0.717, 1.165) is 17.8 Å². The van der Waals surface area contributed by atoms with Crippen molar-refractivity contribution < 1.29 is 0 Å². The van der Waals surface area contributed by atoms with Crippen LogP contribution in [-0.4, -0.2) is 0 Å². The second-order valence-corrected chi connectivity index (χ2v) is 13.2. The first-order chi connectivity index (χ1) is 17.4. The fourth-order valence-electron chi connectivity index (χ4n) is 5.66. The predicted molar refractivity (Wildman–Crippen MR) is 165 cm³/mol. The third-order valence-electron chi connectivity index (χ3n) is 8.03. The average molecular weight is 499 g/mol. The number of hydrogen-bond acceptors (Lipinski definition) is 0. The van der Waals surface area contributed by atoms with Crippen molar-refractivity contribution in [3.63, 3.8) is 0 Å². The van der Waals surface area contributed by atoms with E-state index in [1.54, 1.807) is 16.7 Å². The van der Waals surface area contributed by atoms with Gasteiger partial charge in [0.15, 0.2) is 0 Å². The van der Waals surface area contributed by atoms with Crippen LogP contribution in [0.25, 0.3) is 0 Å². The fraction of sp³-hybridized carbons (Fsp3) is 0.833. The Hall–Kier alpha value is -0.780. The van der Waals surface area contributed by atoms with Crippen molar-refractivity contribution in [2.24, 2.45) is 17.8 Å². The van der Waals surface area contributed by atoms with E-state index in [-0.39, 0.29) is 0 Å². The fourth-order valence-corrected chi connectivity index (χ4v) is 5.66. The van der Waals surface area contributed by atoms with Crippen LogP contribution >= 0.6 is 0 Å². The van der Waals surface area contributed by atoms with Crippen molar-refractivity contribution in [3.8, 4) is 0 Å². The molecule has 210 valence electrons. The van der Waals surface area contributed by atoms with E-state index in [2.05, 4.69) is 59.7 Å². The molecule has 0 heteroatoms. The topological polar surface area (TPSA) is 0 Å². The number of unbranched alkanes of at least 4 members (excludes halogenated alkanes) is 12. The van der Waals surface area contributed by atoms with E-state index >= 15 is 0 Å². The van der Waals surface area contributed by atoms with Crippen LogP contribution in [0.3, 0.4) is 0 Å². The summed E-state index contributed by atoms with van der Waals surface area (Å²) in [6.07, 6.45) is 29.4. The standard InChI is InChI=1S/C36H66/c1-31(2)23-16-10-7-13-19-26-34-28-22-29-35(27-20-14-8-11-17-24-32(3)4)36(34)30-21-15-9-12-18-25-33(5)6/h22,28-29,31-33H,7-21,23-27,30H2,1-6H3. The van der Waals surface area contributed by atoms with Gasteiger partial charge in [-0.1, -0.05) is 156 Å². The predicted octanol–water partition coefficient (Wildman–Crippen LogP) is 12.3. The van der Waals surface area contributed by atoms with Crippen LogP contribution in [0.2, 0.25) is 0 Å². The Morgan fingerprint density at radius 1 is 0.389 bits per heavy atom. The van der Waals surface area contributed by atoms with E-state index < -0.39 is 0 Å². The number of benzene rings is 1. The second-order valence-electron chi connectivity index (χ2n) is 13.2. The van der Waals surface area contributed by atoms with Gasteiger partial charge in [-0.25, -0.2) is 0 Å². The zero-order valence-corrected chi connectivity index (χ0v) is 25.8. The van der Waals surface area contributed by atoms with Crippen LogP contribution in [0.15, 0.2) is 18.2 Å². The molecule has 36 heavy (non-hydrogen) atoms. The summed E-state index contributed by atoms with van der Waals surface area (Å²) in [5.41, 5.74) is 5.12. The Kier molecular flexibility index (Phi) is 20.5. The van der Waals surface area contributed by atoms with Gasteiger partial charge in [-0.2, -0.15) is 0 Å². The molecule has 1 aromatic rings. The molecular formula is C36H66. The van der Waals surface area contributed by atoms with Crippen molar-refractivity contribution in [2.45, 2.75) is 176 Å². The summed E-state index contributed by atoms with van der Waals surface area (Å²) in [6, 6.07) is 7.30. The molecule has 0 N–H and O–H groups in total. The summed E-state index contributed by atoms with van der Waals surface area (Å²) >= 11 is 0. The van der Waals surface area contributed by atoms with Crippen LogP contribution in [-0.2, 0) is 19.3 Å². The first-order valence-corrected chi connectivity index (χ1v) is 16.5. The quantitative estimate of drug-likeness (QED) is 0.124. The molecule has 1 aromatic carbocycles. The van der Waals surface area contributed by atoms with Gasteiger partial charge < -0.3 is 0 Å². The third kappa shape index (κ3) is 18.5. The molecule has 0 heterocycles. The van der Waals surface area contributed by atoms with Crippen molar-refractivity contribution in [3.05, 3.63) is 34.9 Å². The van der Waals surface area contributed by atoms with E-state index in [1.165, 1.54) is 135 Å². The zero-order valence-electron chi connectivity index (χ0n) is 25.8. The SMILES string of the molecule is CC(C)CCCCCCCc1cccc(CCCCCCCC(C)C)c1CCCCCCCC(C)C. The smallest absolute Gasteiger partial charge is 0.0273 e. The van der Waals surface area contributed by atoms with Crippen LogP contribution in [0.1, 0.15) is 174 Å². The highest BCUT2D eigenvalue weighted by molar-refractivity contribution is 5.36. The summed E-state index contributed by atoms with van der Waals surface area (Å²) in [5, 5.41) is 0. The summed E-state index contributed by atoms with van der Waals surface area (Å²) in [6.45, 7) is 14.1. The van der Waals surface area contributed by atoms with Gasteiger partial charge in [0.2, 0.25) is 0 Å². The van der Waals surface area contributed by atoms with Crippen LogP contribution in [0, 0.1) is 17.8 Å². The van der Waals surface area contributed by atoms with Gasteiger partial charge in [-0.15, -0.1) is 0 Å². The second kappa shape index (κ2) is 22.2. The lowest BCUT2D eigenvalue weighted by atomic mass is 9.90. The number of rotatable bonds is 24. The monoisotopic (exact) mass is 499 g/mol. The lowest BCUT2D eigenvalue weighted by molar-refractivity contribution is 0.512. The molecule has 1 rings (SSSR count). The van der Waals surface area contributed by atoms with Gasteiger partial charge in [0.05, 0.1) is 0 Å². The minimum Gasteiger partial charge on any atom is -0.0628 e. The van der Waals surface area contributed by atoms with Crippen molar-refractivity contribution in [2.75, 3.05) is 0 Å². The van der Waals surface area contributed by atoms with Crippen LogP contribution in [0.5, 0.6) is 0 Å². The molecule has 0 atom stereocenters. The van der Waals surface area contributed by atoms with E-state index in [1.807, 2.05) is 0 Å². The minimum absolute atomic E-state index is 0.866. The molecule has 0 saturated carbocycles. The molecule has 0 aromatic heterocycles. The molecule has 0 aliphatic rings. The number of aryl methyl sites for hydroxylation is 2. The lowest BCUT2D eigenvalue weighted by Gasteiger charge is -2.16.